The number of thiazole rings is 1. The zero-order chi connectivity index (χ0) is 18.9. The molecule has 0 radical (unpaired) electrons. The van der Waals surface area contributed by atoms with Crippen LogP contribution in [0.1, 0.15) is 31.7 Å². The van der Waals surface area contributed by atoms with Gasteiger partial charge in [0.05, 0.1) is 11.5 Å². The Morgan fingerprint density at radius 3 is 2.58 bits per heavy atom. The van der Waals surface area contributed by atoms with Crippen molar-refractivity contribution in [2.45, 2.75) is 25.9 Å². The molecule has 0 spiro atoms. The van der Waals surface area contributed by atoms with E-state index in [1.54, 1.807) is 23.6 Å². The minimum absolute atomic E-state index is 0.297. The van der Waals surface area contributed by atoms with Gasteiger partial charge in [0.2, 0.25) is 0 Å². The molecule has 0 aliphatic rings. The summed E-state index contributed by atoms with van der Waals surface area (Å²) >= 11 is 2.88. The molecule has 3 rings (SSSR count). The van der Waals surface area contributed by atoms with Crippen LogP contribution in [0.5, 0.6) is 0 Å². The number of anilines is 2. The van der Waals surface area contributed by atoms with Crippen molar-refractivity contribution in [3.05, 3.63) is 62.3 Å². The number of carbonyl (C=O) groups is 1. The normalized spacial score (nSPS) is 12.8. The molecule has 2 heterocycles. The molecule has 0 aliphatic heterocycles. The molecule has 0 saturated carbocycles. The van der Waals surface area contributed by atoms with Crippen LogP contribution in [0.3, 0.4) is 0 Å². The van der Waals surface area contributed by atoms with E-state index in [1.165, 1.54) is 17.4 Å². The summed E-state index contributed by atoms with van der Waals surface area (Å²) in [4.78, 5) is 18.8. The molecule has 0 amide bonds. The summed E-state index contributed by atoms with van der Waals surface area (Å²) in [5.74, 6) is -0.422. The standard InChI is InChI=1S/C18H15F3N2OS2/c1-10-6-14(11(2)25-10)15(9-24)16-8-22-17(26-16)23-13-5-3-4-12(7-13)18(19,20)21/h3-9,15H,1-2H3,(H,22,23). The SMILES string of the molecule is Cc1cc(C(C=O)c2cnc(Nc3cccc(C(F)(F)F)c3)s2)c(C)s1. The van der Waals surface area contributed by atoms with Crippen molar-refractivity contribution in [3.63, 3.8) is 0 Å². The third-order valence-electron chi connectivity index (χ3n) is 3.82. The van der Waals surface area contributed by atoms with Crippen molar-refractivity contribution in [1.82, 2.24) is 4.98 Å². The number of nitrogens with zero attached hydrogens (tertiary/aromatic N) is 1. The van der Waals surface area contributed by atoms with Crippen molar-refractivity contribution in [2.24, 2.45) is 0 Å². The maximum Gasteiger partial charge on any atom is 0.416 e. The number of rotatable bonds is 5. The smallest absolute Gasteiger partial charge is 0.332 e. The summed E-state index contributed by atoms with van der Waals surface area (Å²) in [5, 5.41) is 3.32. The molecule has 0 bridgehead atoms. The number of carbonyl (C=O) groups excluding carboxylic acids is 1. The molecule has 2 aromatic heterocycles. The second kappa shape index (κ2) is 7.20. The lowest BCUT2D eigenvalue weighted by atomic mass is 10.0. The van der Waals surface area contributed by atoms with E-state index in [0.29, 0.717) is 10.8 Å². The summed E-state index contributed by atoms with van der Waals surface area (Å²) in [6, 6.07) is 6.91. The molecule has 8 heteroatoms. The lowest BCUT2D eigenvalue weighted by Gasteiger charge is -2.09. The number of aromatic nitrogens is 1. The van der Waals surface area contributed by atoms with Gasteiger partial charge < -0.3 is 10.1 Å². The van der Waals surface area contributed by atoms with E-state index >= 15 is 0 Å². The Labute approximate surface area is 156 Å². The average molecular weight is 396 g/mol. The number of benzene rings is 1. The summed E-state index contributed by atoms with van der Waals surface area (Å²) in [6.07, 6.45) is -1.94. The fourth-order valence-corrected chi connectivity index (χ4v) is 4.52. The third-order valence-corrected chi connectivity index (χ3v) is 5.80. The second-order valence-electron chi connectivity index (χ2n) is 5.75. The first-order valence-corrected chi connectivity index (χ1v) is 9.33. The van der Waals surface area contributed by atoms with Gasteiger partial charge in [0.15, 0.2) is 5.13 Å². The van der Waals surface area contributed by atoms with Crippen LogP contribution in [0.4, 0.5) is 24.0 Å². The van der Waals surface area contributed by atoms with Gasteiger partial charge in [-0.15, -0.1) is 22.7 Å². The van der Waals surface area contributed by atoms with Gasteiger partial charge in [0, 0.05) is 26.5 Å². The quantitative estimate of drug-likeness (QED) is 0.545. The van der Waals surface area contributed by atoms with Crippen LogP contribution in [0.15, 0.2) is 36.5 Å². The highest BCUT2D eigenvalue weighted by atomic mass is 32.1. The van der Waals surface area contributed by atoms with Gasteiger partial charge >= 0.3 is 6.18 Å². The first-order valence-electron chi connectivity index (χ1n) is 7.70. The van der Waals surface area contributed by atoms with Crippen molar-refractivity contribution in [3.8, 4) is 0 Å². The predicted octanol–water partition coefficient (Wildman–Crippen LogP) is 5.91. The van der Waals surface area contributed by atoms with Crippen LogP contribution in [-0.4, -0.2) is 11.3 Å². The highest BCUT2D eigenvalue weighted by molar-refractivity contribution is 7.16. The van der Waals surface area contributed by atoms with E-state index in [-0.39, 0.29) is 0 Å². The van der Waals surface area contributed by atoms with Crippen molar-refractivity contribution >= 4 is 39.8 Å². The number of hydrogen-bond donors (Lipinski definition) is 1. The lowest BCUT2D eigenvalue weighted by Crippen LogP contribution is -2.05. The van der Waals surface area contributed by atoms with Crippen molar-refractivity contribution < 1.29 is 18.0 Å². The molecule has 0 aliphatic carbocycles. The molecule has 3 aromatic rings. The van der Waals surface area contributed by atoms with E-state index in [4.69, 9.17) is 0 Å². The number of aryl methyl sites for hydroxylation is 2. The molecule has 1 atom stereocenters. The Kier molecular flexibility index (Phi) is 5.15. The molecule has 3 nitrogen and oxygen atoms in total. The first-order chi connectivity index (χ1) is 12.3. The van der Waals surface area contributed by atoms with Gasteiger partial charge in [-0.25, -0.2) is 4.98 Å². The third kappa shape index (κ3) is 3.96. The molecule has 1 unspecified atom stereocenters. The van der Waals surface area contributed by atoms with Crippen LogP contribution in [-0.2, 0) is 11.0 Å². The summed E-state index contributed by atoms with van der Waals surface area (Å²) in [6.45, 7) is 3.95. The first kappa shape index (κ1) is 18.6. The van der Waals surface area contributed by atoms with E-state index in [2.05, 4.69) is 10.3 Å². The van der Waals surface area contributed by atoms with Crippen LogP contribution in [0.2, 0.25) is 0 Å². The number of thiophene rings is 1. The van der Waals surface area contributed by atoms with Crippen molar-refractivity contribution in [2.75, 3.05) is 5.32 Å². The zero-order valence-corrected chi connectivity index (χ0v) is 15.6. The fraction of sp³-hybridized carbons (Fsp3) is 0.222. The molecular formula is C18H15F3N2OS2. The fourth-order valence-electron chi connectivity index (χ4n) is 2.64. The minimum atomic E-state index is -4.40. The van der Waals surface area contributed by atoms with Gasteiger partial charge in [-0.2, -0.15) is 13.2 Å². The summed E-state index contributed by atoms with van der Waals surface area (Å²) in [5.41, 5.74) is 0.511. The van der Waals surface area contributed by atoms with Crippen LogP contribution in [0.25, 0.3) is 0 Å². The van der Waals surface area contributed by atoms with Gasteiger partial charge in [-0.05, 0) is 43.7 Å². The largest absolute Gasteiger partial charge is 0.416 e. The number of halogens is 3. The highest BCUT2D eigenvalue weighted by Gasteiger charge is 2.30. The van der Waals surface area contributed by atoms with E-state index < -0.39 is 17.7 Å². The summed E-state index contributed by atoms with van der Waals surface area (Å²) < 4.78 is 38.4. The Balaban J connectivity index is 1.84. The lowest BCUT2D eigenvalue weighted by molar-refractivity contribution is -0.137. The second-order valence-corrected chi connectivity index (χ2v) is 8.28. The molecule has 136 valence electrons. The van der Waals surface area contributed by atoms with Gasteiger partial charge in [0.1, 0.15) is 6.29 Å². The molecule has 0 fully saturated rings. The van der Waals surface area contributed by atoms with E-state index in [9.17, 15) is 18.0 Å². The Hall–Kier alpha value is -2.19. The maximum absolute atomic E-state index is 12.8. The Morgan fingerprint density at radius 2 is 1.96 bits per heavy atom. The average Bonchev–Trinajstić information content (AvgIpc) is 3.15. The molecule has 0 saturated heterocycles. The Bertz CT molecular complexity index is 931. The monoisotopic (exact) mass is 396 g/mol. The van der Waals surface area contributed by atoms with Crippen molar-refractivity contribution in [1.29, 1.82) is 0 Å². The number of alkyl halides is 3. The van der Waals surface area contributed by atoms with Crippen LogP contribution in [0, 0.1) is 13.8 Å². The Morgan fingerprint density at radius 1 is 1.19 bits per heavy atom. The topological polar surface area (TPSA) is 42.0 Å². The predicted molar refractivity (Wildman–Crippen MR) is 98.5 cm³/mol. The van der Waals surface area contributed by atoms with Gasteiger partial charge in [-0.1, -0.05) is 6.07 Å². The number of nitrogens with one attached hydrogen (secondary N) is 1. The number of hydrogen-bond acceptors (Lipinski definition) is 5. The van der Waals surface area contributed by atoms with E-state index in [0.717, 1.165) is 38.6 Å². The molecule has 26 heavy (non-hydrogen) atoms. The van der Waals surface area contributed by atoms with E-state index in [1.807, 2.05) is 19.9 Å². The maximum atomic E-state index is 12.8. The van der Waals surface area contributed by atoms with Gasteiger partial charge in [-0.3, -0.25) is 0 Å². The summed E-state index contributed by atoms with van der Waals surface area (Å²) in [7, 11) is 0. The zero-order valence-electron chi connectivity index (χ0n) is 13.9. The minimum Gasteiger partial charge on any atom is -0.332 e. The van der Waals surface area contributed by atoms with Crippen LogP contribution < -0.4 is 5.32 Å². The number of aldehydes is 1. The van der Waals surface area contributed by atoms with Gasteiger partial charge in [0.25, 0.3) is 0 Å². The molecular weight excluding hydrogens is 381 g/mol. The molecule has 1 N–H and O–H groups in total. The molecule has 1 aromatic carbocycles. The highest BCUT2D eigenvalue weighted by Crippen LogP contribution is 2.36. The van der Waals surface area contributed by atoms with Crippen LogP contribution >= 0.6 is 22.7 Å².